The van der Waals surface area contributed by atoms with Crippen LogP contribution < -0.4 is 11.1 Å². The Hall–Kier alpha value is -1.65. The second-order valence-corrected chi connectivity index (χ2v) is 10.2. The van der Waals surface area contributed by atoms with Gasteiger partial charge in [0.2, 0.25) is 0 Å². The molecule has 1 aromatic heterocycles. The monoisotopic (exact) mass is 435 g/mol. The van der Waals surface area contributed by atoms with E-state index in [9.17, 15) is 4.79 Å². The van der Waals surface area contributed by atoms with Gasteiger partial charge in [0.1, 0.15) is 23.0 Å². The zero-order valence-electron chi connectivity index (χ0n) is 16.5. The van der Waals surface area contributed by atoms with Gasteiger partial charge >= 0.3 is 0 Å². The number of thioether (sulfide) groups is 2. The van der Waals surface area contributed by atoms with Gasteiger partial charge in [-0.15, -0.1) is 11.8 Å². The number of nitrogens with one attached hydrogen (secondary N) is 1. The predicted molar refractivity (Wildman–Crippen MR) is 114 cm³/mol. The summed E-state index contributed by atoms with van der Waals surface area (Å²) in [4.78, 5) is 24.0. The molecule has 0 radical (unpaired) electrons. The standard InChI is InChI=1S/C19H25N5O3S2/c1-10-5-12-7-29-18(20)23-19(12,9-27-10)17-24(2)14(8-28-17)22-15(25)13-6-26-16(21-13)11-3-4-11/h6,8,10-12,17H,3-5,7,9H2,1-2H3,(H2,20,23)(H,22,25)/t10-,12-,17?,19-/m0/s1. The van der Waals surface area contributed by atoms with E-state index in [4.69, 9.17) is 19.9 Å². The molecule has 4 atom stereocenters. The van der Waals surface area contributed by atoms with Crippen molar-refractivity contribution in [3.05, 3.63) is 29.1 Å². The zero-order valence-corrected chi connectivity index (χ0v) is 18.1. The summed E-state index contributed by atoms with van der Waals surface area (Å²) in [6, 6.07) is 0. The van der Waals surface area contributed by atoms with E-state index in [0.29, 0.717) is 35.2 Å². The number of fused-ring (bicyclic) bond motifs is 1. The number of carbonyl (C=O) groups is 1. The molecule has 1 saturated carbocycles. The molecular formula is C19H25N5O3S2. The second kappa shape index (κ2) is 7.24. The number of aliphatic imine (C=N–C) groups is 1. The highest BCUT2D eigenvalue weighted by atomic mass is 32.2. The van der Waals surface area contributed by atoms with Crippen LogP contribution in [0.2, 0.25) is 0 Å². The Balaban J connectivity index is 1.32. The van der Waals surface area contributed by atoms with Crippen molar-refractivity contribution in [2.75, 3.05) is 19.4 Å². The van der Waals surface area contributed by atoms with Crippen molar-refractivity contribution in [1.29, 1.82) is 0 Å². The van der Waals surface area contributed by atoms with Crippen LogP contribution in [0, 0.1) is 5.92 Å². The zero-order chi connectivity index (χ0) is 20.2. The summed E-state index contributed by atoms with van der Waals surface area (Å²) in [5.74, 6) is 2.84. The molecule has 0 spiro atoms. The number of ether oxygens (including phenoxy) is 1. The Morgan fingerprint density at radius 2 is 2.28 bits per heavy atom. The van der Waals surface area contributed by atoms with Crippen LogP contribution in [0.15, 0.2) is 26.9 Å². The van der Waals surface area contributed by atoms with Crippen LogP contribution in [-0.2, 0) is 4.74 Å². The first-order valence-corrected chi connectivity index (χ1v) is 11.8. The lowest BCUT2D eigenvalue weighted by atomic mass is 9.79. The summed E-state index contributed by atoms with van der Waals surface area (Å²) in [7, 11) is 1.98. The molecule has 1 amide bonds. The smallest absolute Gasteiger partial charge is 0.278 e. The highest BCUT2D eigenvalue weighted by Crippen LogP contribution is 2.48. The number of oxazole rings is 1. The molecule has 0 aromatic carbocycles. The van der Waals surface area contributed by atoms with Gasteiger partial charge in [-0.3, -0.25) is 9.79 Å². The van der Waals surface area contributed by atoms with Crippen molar-refractivity contribution < 1.29 is 13.9 Å². The average Bonchev–Trinajstić information content (AvgIpc) is 3.31. The first-order chi connectivity index (χ1) is 14.0. The molecule has 1 saturated heterocycles. The molecule has 2 fully saturated rings. The Morgan fingerprint density at radius 1 is 1.45 bits per heavy atom. The van der Waals surface area contributed by atoms with Crippen molar-refractivity contribution in [3.63, 3.8) is 0 Å². The summed E-state index contributed by atoms with van der Waals surface area (Å²) in [5, 5.41) is 5.57. The highest BCUT2D eigenvalue weighted by Gasteiger charge is 2.54. The van der Waals surface area contributed by atoms with E-state index in [2.05, 4.69) is 22.1 Å². The Labute approximate surface area is 178 Å². The van der Waals surface area contributed by atoms with Gasteiger partial charge in [-0.2, -0.15) is 0 Å². The summed E-state index contributed by atoms with van der Waals surface area (Å²) >= 11 is 3.28. The third-order valence-corrected chi connectivity index (χ3v) is 8.36. The summed E-state index contributed by atoms with van der Waals surface area (Å²) < 4.78 is 11.5. The van der Waals surface area contributed by atoms with Crippen LogP contribution in [0.4, 0.5) is 0 Å². The maximum absolute atomic E-state index is 12.7. The molecule has 0 bridgehead atoms. The van der Waals surface area contributed by atoms with Gasteiger partial charge in [-0.1, -0.05) is 11.8 Å². The van der Waals surface area contributed by atoms with E-state index >= 15 is 0 Å². The summed E-state index contributed by atoms with van der Waals surface area (Å²) in [5.41, 5.74) is 6.02. The normalized spacial score (nSPS) is 34.4. The number of hydrogen-bond donors (Lipinski definition) is 2. The maximum Gasteiger partial charge on any atom is 0.278 e. The van der Waals surface area contributed by atoms with Gasteiger partial charge in [0.25, 0.3) is 5.91 Å². The quantitative estimate of drug-likeness (QED) is 0.742. The number of nitrogens with zero attached hydrogens (tertiary/aromatic N) is 3. The van der Waals surface area contributed by atoms with Crippen molar-refractivity contribution in [2.45, 2.75) is 49.1 Å². The summed E-state index contributed by atoms with van der Waals surface area (Å²) in [6.45, 7) is 2.64. The fourth-order valence-electron chi connectivity index (χ4n) is 4.24. The third kappa shape index (κ3) is 3.44. The SMILES string of the molecule is C[C@H]1C[C@H]2CSC(N)=N[C@@]2(C2SC=C(NC(=O)c3coc(C4CC4)n3)N2C)CO1. The number of nitrogens with two attached hydrogens (primary N) is 1. The van der Waals surface area contributed by atoms with Gasteiger partial charge < -0.3 is 25.1 Å². The minimum Gasteiger partial charge on any atom is -0.448 e. The molecule has 3 aliphatic heterocycles. The molecule has 156 valence electrons. The first kappa shape index (κ1) is 19.3. The molecule has 4 aliphatic rings. The van der Waals surface area contributed by atoms with E-state index in [1.54, 1.807) is 23.5 Å². The van der Waals surface area contributed by atoms with E-state index in [1.807, 2.05) is 12.5 Å². The molecule has 8 nitrogen and oxygen atoms in total. The molecule has 29 heavy (non-hydrogen) atoms. The topological polar surface area (TPSA) is 106 Å². The molecule has 4 heterocycles. The number of aromatic nitrogens is 1. The lowest BCUT2D eigenvalue weighted by molar-refractivity contribution is -0.0552. The van der Waals surface area contributed by atoms with Gasteiger partial charge in [0.05, 0.1) is 12.7 Å². The van der Waals surface area contributed by atoms with Crippen LogP contribution in [-0.4, -0.2) is 57.4 Å². The lowest BCUT2D eigenvalue weighted by Crippen LogP contribution is -2.61. The molecular weight excluding hydrogens is 410 g/mol. The fourth-order valence-corrected chi connectivity index (χ4v) is 6.60. The van der Waals surface area contributed by atoms with Crippen molar-refractivity contribution in [3.8, 4) is 0 Å². The van der Waals surface area contributed by atoms with Gasteiger partial charge in [-0.05, 0) is 26.2 Å². The number of rotatable bonds is 4. The number of hydrogen-bond acceptors (Lipinski definition) is 9. The minimum atomic E-state index is -0.419. The Kier molecular flexibility index (Phi) is 4.83. The first-order valence-electron chi connectivity index (χ1n) is 9.91. The van der Waals surface area contributed by atoms with Crippen LogP contribution in [0.5, 0.6) is 0 Å². The third-order valence-electron chi connectivity index (χ3n) is 6.06. The van der Waals surface area contributed by atoms with Gasteiger partial charge in [-0.25, -0.2) is 4.98 Å². The van der Waals surface area contributed by atoms with Crippen LogP contribution in [0.25, 0.3) is 0 Å². The Morgan fingerprint density at radius 3 is 3.07 bits per heavy atom. The lowest BCUT2D eigenvalue weighted by Gasteiger charge is -2.50. The van der Waals surface area contributed by atoms with Gasteiger partial charge in [0.15, 0.2) is 16.8 Å². The molecule has 1 aromatic rings. The van der Waals surface area contributed by atoms with Crippen LogP contribution >= 0.6 is 23.5 Å². The minimum absolute atomic E-state index is 0.00841. The van der Waals surface area contributed by atoms with Gasteiger partial charge in [0, 0.05) is 30.0 Å². The van der Waals surface area contributed by atoms with Crippen LogP contribution in [0.1, 0.15) is 48.5 Å². The Bertz CT molecular complexity index is 883. The molecule has 1 unspecified atom stereocenters. The van der Waals surface area contributed by atoms with E-state index < -0.39 is 5.54 Å². The molecule has 5 rings (SSSR count). The van der Waals surface area contributed by atoms with Crippen molar-refractivity contribution >= 4 is 34.6 Å². The molecule has 10 heteroatoms. The van der Waals surface area contributed by atoms with E-state index in [1.165, 1.54) is 6.26 Å². The number of carbonyl (C=O) groups excluding carboxylic acids is 1. The number of amides is 1. The van der Waals surface area contributed by atoms with E-state index in [0.717, 1.165) is 30.8 Å². The number of amidine groups is 1. The van der Waals surface area contributed by atoms with Crippen molar-refractivity contribution in [2.24, 2.45) is 16.6 Å². The fraction of sp³-hybridized carbons (Fsp3) is 0.632. The average molecular weight is 436 g/mol. The highest BCUT2D eigenvalue weighted by molar-refractivity contribution is 8.13. The molecule has 1 aliphatic carbocycles. The number of likely N-dealkylation sites (N-methyl/N-ethyl adjacent to an activating group) is 1. The molecule has 3 N–H and O–H groups in total. The van der Waals surface area contributed by atoms with Crippen LogP contribution in [0.3, 0.4) is 0 Å². The maximum atomic E-state index is 12.7. The summed E-state index contributed by atoms with van der Waals surface area (Å²) in [6.07, 6.45) is 4.79. The van der Waals surface area contributed by atoms with E-state index in [-0.39, 0.29) is 17.4 Å². The van der Waals surface area contributed by atoms with Crippen molar-refractivity contribution in [1.82, 2.24) is 15.2 Å². The predicted octanol–water partition coefficient (Wildman–Crippen LogP) is 2.31. The second-order valence-electron chi connectivity index (χ2n) is 8.21. The largest absolute Gasteiger partial charge is 0.448 e.